The van der Waals surface area contributed by atoms with Crippen LogP contribution in [0, 0.1) is 23.7 Å². The number of primary amides is 1. The Balaban J connectivity index is 1.75. The number of rotatable bonds is 3. The second-order valence-electron chi connectivity index (χ2n) is 9.88. The minimum absolute atomic E-state index is 0.00694. The Kier molecular flexibility index (Phi) is 5.26. The van der Waals surface area contributed by atoms with Crippen LogP contribution in [0.3, 0.4) is 0 Å². The van der Waals surface area contributed by atoms with Crippen molar-refractivity contribution in [3.8, 4) is 17.1 Å². The maximum atomic E-state index is 13.8. The molecule has 1 saturated carbocycles. The highest BCUT2D eigenvalue weighted by Gasteiger charge is 2.64. The predicted molar refractivity (Wildman–Crippen MR) is 126 cm³/mol. The van der Waals surface area contributed by atoms with Gasteiger partial charge in [-0.3, -0.25) is 14.4 Å². The minimum atomic E-state index is -2.62. The topological polar surface area (TPSA) is 184 Å². The van der Waals surface area contributed by atoms with Crippen molar-refractivity contribution in [2.45, 2.75) is 32.3 Å². The number of nitrogens with two attached hydrogens (primary N) is 1. The fourth-order valence-corrected chi connectivity index (χ4v) is 6.13. The molecule has 1 heterocycles. The lowest BCUT2D eigenvalue weighted by molar-refractivity contribution is -0.155. The molecule has 0 spiro atoms. The van der Waals surface area contributed by atoms with Gasteiger partial charge in [0.05, 0.1) is 5.56 Å². The van der Waals surface area contributed by atoms with Crippen LogP contribution in [0.2, 0.25) is 0 Å². The number of phenols is 1. The zero-order valence-corrected chi connectivity index (χ0v) is 19.6. The van der Waals surface area contributed by atoms with Gasteiger partial charge in [-0.1, -0.05) is 13.8 Å². The molecule has 6 N–H and O–H groups in total. The molecule has 3 aliphatic rings. The molecule has 10 nitrogen and oxygen atoms in total. The SMILES string of the molecule is CC(C)[C@@H]1C(=O)C(C(N)=O)=C(O)[C@@]2(O)C(=O)C3=C(O)c4c(O)ccc(-c5ncccn5)c4C[C@H]3C[C@@H]12. The van der Waals surface area contributed by atoms with Gasteiger partial charge in [-0.25, -0.2) is 9.97 Å². The van der Waals surface area contributed by atoms with Crippen LogP contribution in [-0.4, -0.2) is 53.5 Å². The number of aliphatic hydroxyl groups excluding tert-OH is 2. The first kappa shape index (κ1) is 23.7. The molecule has 186 valence electrons. The van der Waals surface area contributed by atoms with Gasteiger partial charge in [0.25, 0.3) is 5.91 Å². The van der Waals surface area contributed by atoms with E-state index >= 15 is 0 Å². The number of fused-ring (bicyclic) bond motifs is 3. The van der Waals surface area contributed by atoms with E-state index in [4.69, 9.17) is 5.73 Å². The Morgan fingerprint density at radius 3 is 2.42 bits per heavy atom. The highest BCUT2D eigenvalue weighted by atomic mass is 16.3. The van der Waals surface area contributed by atoms with E-state index in [9.17, 15) is 34.8 Å². The van der Waals surface area contributed by atoms with Crippen LogP contribution in [0.4, 0.5) is 0 Å². The summed E-state index contributed by atoms with van der Waals surface area (Å²) < 4.78 is 0. The van der Waals surface area contributed by atoms with E-state index in [0.717, 1.165) is 0 Å². The van der Waals surface area contributed by atoms with Gasteiger partial charge in [0, 0.05) is 35.4 Å². The number of benzene rings is 1. The first-order valence-corrected chi connectivity index (χ1v) is 11.6. The molecule has 5 rings (SSSR count). The number of amides is 1. The van der Waals surface area contributed by atoms with Gasteiger partial charge in [-0.05, 0) is 48.4 Å². The van der Waals surface area contributed by atoms with E-state index in [1.54, 1.807) is 38.4 Å². The molecular weight excluding hydrogens is 466 g/mol. The summed E-state index contributed by atoms with van der Waals surface area (Å²) in [7, 11) is 0. The number of Topliss-reactive ketones (excluding diaryl/α,β-unsaturated/α-hetero) is 2. The molecule has 3 aliphatic carbocycles. The van der Waals surface area contributed by atoms with E-state index in [1.807, 2.05) is 0 Å². The van der Waals surface area contributed by atoms with Crippen molar-refractivity contribution in [2.75, 3.05) is 0 Å². The Morgan fingerprint density at radius 2 is 1.81 bits per heavy atom. The lowest BCUT2D eigenvalue weighted by atomic mass is 9.54. The van der Waals surface area contributed by atoms with Gasteiger partial charge in [0.15, 0.2) is 17.2 Å². The van der Waals surface area contributed by atoms with Gasteiger partial charge < -0.3 is 26.2 Å². The number of nitrogens with zero attached hydrogens (tertiary/aromatic N) is 2. The quantitative estimate of drug-likeness (QED) is 0.399. The summed E-state index contributed by atoms with van der Waals surface area (Å²) in [6.45, 7) is 3.44. The smallest absolute Gasteiger partial charge is 0.255 e. The number of aromatic nitrogens is 2. The highest BCUT2D eigenvalue weighted by molar-refractivity contribution is 6.23. The zero-order chi connectivity index (χ0) is 26.1. The van der Waals surface area contributed by atoms with Crippen molar-refractivity contribution in [1.29, 1.82) is 0 Å². The third-order valence-corrected chi connectivity index (χ3v) is 7.66. The summed E-state index contributed by atoms with van der Waals surface area (Å²) in [5.41, 5.74) is 2.81. The van der Waals surface area contributed by atoms with Gasteiger partial charge in [0.2, 0.25) is 5.78 Å². The summed E-state index contributed by atoms with van der Waals surface area (Å²) in [6.07, 6.45) is 3.35. The van der Waals surface area contributed by atoms with Crippen molar-refractivity contribution in [3.63, 3.8) is 0 Å². The summed E-state index contributed by atoms with van der Waals surface area (Å²) in [4.78, 5) is 47.6. The Morgan fingerprint density at radius 1 is 1.14 bits per heavy atom. The van der Waals surface area contributed by atoms with Crippen molar-refractivity contribution < 1.29 is 34.8 Å². The molecule has 4 atom stereocenters. The fraction of sp³-hybridized carbons (Fsp3) is 0.346. The van der Waals surface area contributed by atoms with E-state index < -0.39 is 63.8 Å². The predicted octanol–water partition coefficient (Wildman–Crippen LogP) is 1.76. The first-order valence-electron chi connectivity index (χ1n) is 11.6. The van der Waals surface area contributed by atoms with Gasteiger partial charge >= 0.3 is 0 Å². The van der Waals surface area contributed by atoms with Gasteiger partial charge in [0.1, 0.15) is 22.8 Å². The Labute approximate surface area is 205 Å². The van der Waals surface area contributed by atoms with Crippen LogP contribution in [0.15, 0.2) is 47.5 Å². The number of aromatic hydroxyl groups is 1. The molecule has 1 aromatic carbocycles. The number of ketones is 2. The lowest BCUT2D eigenvalue weighted by Gasteiger charge is -2.50. The largest absolute Gasteiger partial charge is 0.508 e. The van der Waals surface area contributed by atoms with E-state index in [2.05, 4.69) is 9.97 Å². The molecule has 0 bridgehead atoms. The number of hydrogen-bond donors (Lipinski definition) is 5. The molecule has 36 heavy (non-hydrogen) atoms. The third-order valence-electron chi connectivity index (χ3n) is 7.66. The monoisotopic (exact) mass is 491 g/mol. The van der Waals surface area contributed by atoms with Crippen LogP contribution in [0.25, 0.3) is 17.1 Å². The Hall–Kier alpha value is -4.05. The number of hydrogen-bond acceptors (Lipinski definition) is 9. The van der Waals surface area contributed by atoms with Crippen molar-refractivity contribution in [2.24, 2.45) is 29.4 Å². The molecular formula is C26H25N3O7. The first-order chi connectivity index (χ1) is 17.0. The van der Waals surface area contributed by atoms with E-state index in [0.29, 0.717) is 17.0 Å². The second kappa shape index (κ2) is 7.99. The van der Waals surface area contributed by atoms with Crippen LogP contribution < -0.4 is 5.73 Å². The van der Waals surface area contributed by atoms with E-state index in [-0.39, 0.29) is 29.7 Å². The average Bonchev–Trinajstić information content (AvgIpc) is 2.81. The fourth-order valence-electron chi connectivity index (χ4n) is 6.13. The number of aliphatic hydroxyl groups is 3. The minimum Gasteiger partial charge on any atom is -0.508 e. The summed E-state index contributed by atoms with van der Waals surface area (Å²) >= 11 is 0. The second-order valence-corrected chi connectivity index (χ2v) is 9.88. The molecule has 0 aliphatic heterocycles. The van der Waals surface area contributed by atoms with Gasteiger partial charge in [-0.15, -0.1) is 0 Å². The molecule has 2 aromatic rings. The highest BCUT2D eigenvalue weighted by Crippen LogP contribution is 2.55. The molecule has 1 amide bonds. The normalized spacial score (nSPS) is 27.6. The zero-order valence-electron chi connectivity index (χ0n) is 19.6. The average molecular weight is 492 g/mol. The van der Waals surface area contributed by atoms with Crippen LogP contribution in [0.5, 0.6) is 5.75 Å². The third kappa shape index (κ3) is 3.03. The number of phenolic OH excluding ortho intramolecular Hbond substituents is 1. The van der Waals surface area contributed by atoms with Crippen molar-refractivity contribution >= 4 is 23.2 Å². The number of carbonyl (C=O) groups is 3. The lowest BCUT2D eigenvalue weighted by Crippen LogP contribution is -2.62. The maximum absolute atomic E-state index is 13.8. The standard InChI is InChI=1S/C26H25N3O7/c1-10(2)16-14-9-11-8-13-12(25-28-6-3-7-29-25)4-5-15(30)18(13)21(32)17(11)22(33)26(14,36)23(34)19(20(16)31)24(27)35/h3-7,10-11,14,16,30,32,34,36H,8-9H2,1-2H3,(H2,27,35)/t11-,14-,16-,26-/m0/s1. The van der Waals surface area contributed by atoms with Gasteiger partial charge in [-0.2, -0.15) is 0 Å². The molecule has 1 aromatic heterocycles. The van der Waals surface area contributed by atoms with E-state index in [1.165, 1.54) is 6.07 Å². The molecule has 10 heteroatoms. The molecule has 0 radical (unpaired) electrons. The Bertz CT molecular complexity index is 1400. The van der Waals surface area contributed by atoms with Crippen LogP contribution >= 0.6 is 0 Å². The molecule has 1 fully saturated rings. The van der Waals surface area contributed by atoms with Crippen LogP contribution in [0.1, 0.15) is 31.4 Å². The molecule has 0 unspecified atom stereocenters. The van der Waals surface area contributed by atoms with Crippen molar-refractivity contribution in [1.82, 2.24) is 9.97 Å². The summed E-state index contributed by atoms with van der Waals surface area (Å²) in [6, 6.07) is 4.62. The molecule has 0 saturated heterocycles. The summed E-state index contributed by atoms with van der Waals surface area (Å²) in [5, 5.41) is 44.4. The number of carbonyl (C=O) groups excluding carboxylic acids is 3. The summed E-state index contributed by atoms with van der Waals surface area (Å²) in [5.74, 6) is -7.61. The van der Waals surface area contributed by atoms with Crippen molar-refractivity contribution in [3.05, 3.63) is 58.6 Å². The maximum Gasteiger partial charge on any atom is 0.255 e. The van der Waals surface area contributed by atoms with Crippen LogP contribution in [-0.2, 0) is 20.8 Å².